The maximum Gasteiger partial charge on any atom is 0.472 e. The molecule has 17 nitrogen and oxygen atoms in total. The fraction of sp³-hybridized carbons (Fsp3) is 0.928. The van der Waals surface area contributed by atoms with Crippen LogP contribution in [0.25, 0.3) is 0 Å². The zero-order valence-electron chi connectivity index (χ0n) is 66.3. The van der Waals surface area contributed by atoms with E-state index in [0.717, 1.165) is 109 Å². The van der Waals surface area contributed by atoms with Gasteiger partial charge in [0.15, 0.2) is 12.2 Å². The number of allylic oxidation sites excluding steroid dienone is 2. The normalized spacial score (nSPS) is 13.8. The van der Waals surface area contributed by atoms with E-state index < -0.39 is 97.5 Å². The van der Waals surface area contributed by atoms with Gasteiger partial charge in [0.05, 0.1) is 26.4 Å². The number of hydrogen-bond acceptors (Lipinski definition) is 15. The van der Waals surface area contributed by atoms with Gasteiger partial charge in [0.1, 0.15) is 19.3 Å². The summed E-state index contributed by atoms with van der Waals surface area (Å²) in [6, 6.07) is 0. The third kappa shape index (κ3) is 76.0. The summed E-state index contributed by atoms with van der Waals surface area (Å²) in [5, 5.41) is 10.7. The van der Waals surface area contributed by atoms with Crippen molar-refractivity contribution in [1.29, 1.82) is 0 Å². The molecular weight excluding hydrogens is 1330 g/mol. The zero-order valence-corrected chi connectivity index (χ0v) is 68.1. The Morgan fingerprint density at radius 2 is 0.451 bits per heavy atom. The first-order valence-electron chi connectivity index (χ1n) is 42.9. The van der Waals surface area contributed by atoms with Gasteiger partial charge in [-0.2, -0.15) is 0 Å². The van der Waals surface area contributed by atoms with Crippen molar-refractivity contribution in [1.82, 2.24) is 0 Å². The minimum atomic E-state index is -4.97. The van der Waals surface area contributed by atoms with Gasteiger partial charge in [0.25, 0.3) is 0 Å². The van der Waals surface area contributed by atoms with Crippen LogP contribution in [0.15, 0.2) is 12.2 Å². The van der Waals surface area contributed by atoms with Gasteiger partial charge < -0.3 is 33.8 Å². The zero-order chi connectivity index (χ0) is 74.6. The molecule has 2 unspecified atom stereocenters. The number of esters is 4. The lowest BCUT2D eigenvalue weighted by Crippen LogP contribution is -2.30. The molecule has 0 radical (unpaired) electrons. The Bertz CT molecular complexity index is 1980. The molecule has 0 aliphatic heterocycles. The van der Waals surface area contributed by atoms with Crippen LogP contribution in [0.4, 0.5) is 0 Å². The second-order valence-corrected chi connectivity index (χ2v) is 32.4. The highest BCUT2D eigenvalue weighted by Crippen LogP contribution is 2.45. The number of unbranched alkanes of at least 4 members (excludes halogenated alkanes) is 55. The Hall–Kier alpha value is -2.20. The molecule has 604 valence electrons. The van der Waals surface area contributed by atoms with Crippen molar-refractivity contribution in [3.63, 3.8) is 0 Å². The Morgan fingerprint density at radius 1 is 0.265 bits per heavy atom. The van der Waals surface area contributed by atoms with Crippen LogP contribution in [0.3, 0.4) is 0 Å². The van der Waals surface area contributed by atoms with Crippen LogP contribution >= 0.6 is 15.6 Å². The smallest absolute Gasteiger partial charge is 0.462 e. The number of carbonyl (C=O) groups excluding carboxylic acids is 4. The summed E-state index contributed by atoms with van der Waals surface area (Å²) >= 11 is 0. The highest BCUT2D eigenvalue weighted by molar-refractivity contribution is 7.47. The standard InChI is InChI=1S/C83H160O17P2/c1-5-9-13-17-21-25-29-33-37-38-42-46-50-54-58-62-66-70-83(88)100-79(74-94-81(86)68-64-60-56-52-48-44-40-35-31-27-23-19-15-11-7-3)76-98-102(91,92)96-72-77(84)71-95-101(89,90)97-75-78(99-82(87)69-65-61-57-53-49-45-41-36-32-28-24-20-16-12-8-4)73-93-80(85)67-63-59-55-51-47-43-39-34-30-26-22-18-14-10-6-2/h34,39,77-79,84H,5-33,35-38,40-76H2,1-4H3,(H,89,90)(H,91,92)/b39-34-/t77-,78-,79-/m1/s1. The second kappa shape index (κ2) is 77.0. The molecule has 0 aliphatic rings. The van der Waals surface area contributed by atoms with Crippen molar-refractivity contribution in [3.05, 3.63) is 12.2 Å². The monoisotopic (exact) mass is 1490 g/mol. The summed E-state index contributed by atoms with van der Waals surface area (Å²) in [5.74, 6) is -2.12. The summed E-state index contributed by atoms with van der Waals surface area (Å²) in [7, 11) is -9.93. The average Bonchev–Trinajstić information content (AvgIpc) is 0.922. The van der Waals surface area contributed by atoms with Crippen molar-refractivity contribution in [2.75, 3.05) is 39.6 Å². The van der Waals surface area contributed by atoms with Gasteiger partial charge in [-0.25, -0.2) is 9.13 Å². The minimum Gasteiger partial charge on any atom is -0.462 e. The number of rotatable bonds is 83. The lowest BCUT2D eigenvalue weighted by Gasteiger charge is -2.21. The summed E-state index contributed by atoms with van der Waals surface area (Å²) < 4.78 is 68.8. The SMILES string of the molecule is CCCCCCCC/C=C\CCCCCCCC(=O)OC[C@H](COP(=O)(O)OC[C@@H](O)COP(=O)(O)OC[C@@H](COC(=O)CCCCCCCCCCCCCCCCC)OC(=O)CCCCCCCCCCCCCCCCCCC)OC(=O)CCCCCCCCCCCCCCCCC. The summed E-state index contributed by atoms with van der Waals surface area (Å²) in [6.45, 7) is 5.02. The summed E-state index contributed by atoms with van der Waals surface area (Å²) in [4.78, 5) is 73.2. The van der Waals surface area contributed by atoms with Gasteiger partial charge in [-0.3, -0.25) is 37.3 Å². The van der Waals surface area contributed by atoms with Gasteiger partial charge in [-0.1, -0.05) is 374 Å². The molecule has 0 aromatic rings. The number of aliphatic hydroxyl groups is 1. The molecule has 5 atom stereocenters. The summed E-state index contributed by atoms with van der Waals surface area (Å²) in [5.41, 5.74) is 0. The molecule has 0 spiro atoms. The van der Waals surface area contributed by atoms with E-state index in [1.807, 2.05) is 0 Å². The predicted octanol–water partition coefficient (Wildman–Crippen LogP) is 25.1. The number of phosphoric acid groups is 2. The Balaban J connectivity index is 5.29. The van der Waals surface area contributed by atoms with Crippen LogP contribution in [0.5, 0.6) is 0 Å². The number of ether oxygens (including phenoxy) is 4. The van der Waals surface area contributed by atoms with E-state index in [1.165, 1.54) is 250 Å². The van der Waals surface area contributed by atoms with Crippen LogP contribution < -0.4 is 0 Å². The molecule has 19 heteroatoms. The molecule has 0 aromatic carbocycles. The van der Waals surface area contributed by atoms with Crippen molar-refractivity contribution in [2.45, 2.75) is 457 Å². The molecule has 0 heterocycles. The van der Waals surface area contributed by atoms with Gasteiger partial charge >= 0.3 is 39.5 Å². The van der Waals surface area contributed by atoms with E-state index in [1.54, 1.807) is 0 Å². The largest absolute Gasteiger partial charge is 0.472 e. The van der Waals surface area contributed by atoms with Crippen LogP contribution in [-0.2, 0) is 65.4 Å². The van der Waals surface area contributed by atoms with E-state index in [4.69, 9.17) is 37.0 Å². The Labute approximate surface area is 625 Å². The van der Waals surface area contributed by atoms with Crippen LogP contribution in [0.2, 0.25) is 0 Å². The molecule has 0 aromatic heterocycles. The molecule has 0 saturated carbocycles. The molecule has 0 rings (SSSR count). The molecular formula is C83H160O17P2. The number of phosphoric ester groups is 2. The van der Waals surface area contributed by atoms with Gasteiger partial charge in [0.2, 0.25) is 0 Å². The number of hydrogen-bond donors (Lipinski definition) is 3. The average molecular weight is 1490 g/mol. The maximum absolute atomic E-state index is 13.1. The van der Waals surface area contributed by atoms with Crippen LogP contribution in [0, 0.1) is 0 Å². The molecule has 0 saturated heterocycles. The molecule has 0 bridgehead atoms. The topological polar surface area (TPSA) is 237 Å². The van der Waals surface area contributed by atoms with Crippen LogP contribution in [-0.4, -0.2) is 96.7 Å². The number of carbonyl (C=O) groups is 4. The second-order valence-electron chi connectivity index (χ2n) is 29.5. The van der Waals surface area contributed by atoms with Gasteiger partial charge in [-0.05, 0) is 51.4 Å². The molecule has 0 fully saturated rings. The first-order chi connectivity index (χ1) is 49.7. The third-order valence-corrected chi connectivity index (χ3v) is 21.2. The van der Waals surface area contributed by atoms with Crippen LogP contribution in [0.1, 0.15) is 439 Å². The molecule has 0 amide bonds. The van der Waals surface area contributed by atoms with Crippen molar-refractivity contribution < 1.29 is 80.2 Å². The van der Waals surface area contributed by atoms with Gasteiger partial charge in [0, 0.05) is 25.7 Å². The Morgan fingerprint density at radius 3 is 0.676 bits per heavy atom. The third-order valence-electron chi connectivity index (χ3n) is 19.3. The fourth-order valence-corrected chi connectivity index (χ4v) is 14.3. The number of aliphatic hydroxyl groups excluding tert-OH is 1. The van der Waals surface area contributed by atoms with E-state index in [9.17, 15) is 43.2 Å². The lowest BCUT2D eigenvalue weighted by molar-refractivity contribution is -0.161. The first kappa shape index (κ1) is 99.8. The first-order valence-corrected chi connectivity index (χ1v) is 45.9. The highest BCUT2D eigenvalue weighted by atomic mass is 31.2. The Kier molecular flexibility index (Phi) is 75.3. The predicted molar refractivity (Wildman–Crippen MR) is 418 cm³/mol. The lowest BCUT2D eigenvalue weighted by atomic mass is 10.0. The highest BCUT2D eigenvalue weighted by Gasteiger charge is 2.30. The van der Waals surface area contributed by atoms with E-state index in [0.29, 0.717) is 25.7 Å². The summed E-state index contributed by atoms with van der Waals surface area (Å²) in [6.07, 6.45) is 71.7. The molecule has 3 N–H and O–H groups in total. The quantitative estimate of drug-likeness (QED) is 0.0169. The maximum atomic E-state index is 13.1. The minimum absolute atomic E-state index is 0.105. The molecule has 0 aliphatic carbocycles. The van der Waals surface area contributed by atoms with Crippen molar-refractivity contribution in [2.24, 2.45) is 0 Å². The van der Waals surface area contributed by atoms with E-state index >= 15 is 0 Å². The van der Waals surface area contributed by atoms with Crippen molar-refractivity contribution in [3.8, 4) is 0 Å². The van der Waals surface area contributed by atoms with E-state index in [2.05, 4.69) is 39.8 Å². The van der Waals surface area contributed by atoms with E-state index in [-0.39, 0.29) is 25.7 Å². The fourth-order valence-electron chi connectivity index (χ4n) is 12.7. The molecule has 102 heavy (non-hydrogen) atoms. The van der Waals surface area contributed by atoms with Gasteiger partial charge in [-0.15, -0.1) is 0 Å². The van der Waals surface area contributed by atoms with Crippen molar-refractivity contribution >= 4 is 39.5 Å².